The highest BCUT2D eigenvalue weighted by Crippen LogP contribution is 2.40. The van der Waals surface area contributed by atoms with E-state index >= 15 is 0 Å². The summed E-state index contributed by atoms with van der Waals surface area (Å²) in [6.45, 7) is 42.3. The Morgan fingerprint density at radius 2 is 1.33 bits per heavy atom. The molecule has 4 amide bonds. The zero-order chi connectivity index (χ0) is 108. The molecule has 12 heterocycles. The number of hydrogen-bond donors (Lipinski definition) is 6. The van der Waals surface area contributed by atoms with Crippen molar-refractivity contribution in [3.05, 3.63) is 242 Å². The second-order valence-electron chi connectivity index (χ2n) is 38.3. The first-order chi connectivity index (χ1) is 68.2. The van der Waals surface area contributed by atoms with Crippen molar-refractivity contribution in [3.63, 3.8) is 0 Å². The SMILES string of the molecule is C/C=C/c1cccnc1.CC(=O)N1CCC(C)CC1.CC(C)(C)C.CC1=NNC(=O)CC1.CC1CCC(=NO)CC1.CC1CCC(=O)O1.CC1CCS(=O)(=O)CC1.CCCC1NC(=S)N(C)C1=O.CCOC(C)=O.CCSc1ncccn1.CNC1CC1c1ccccc1.C[C@H]1CCC(=O)N(C)C1c1ccc(F)cc1.Cc1cc[n+](O)c2ccccc12.Cc1ccc(=O)n(C)c1.Cc1ccc2c(=O)c(C)c[nH]c2n1. The van der Waals surface area contributed by atoms with E-state index in [-0.39, 0.29) is 70.6 Å². The van der Waals surface area contributed by atoms with Crippen LogP contribution < -0.4 is 31.8 Å². The average Bonchev–Trinajstić information content (AvgIpc) is 1.60. The molecule has 144 heavy (non-hydrogen) atoms. The Kier molecular flexibility index (Phi) is 60.1. The third-order valence-electron chi connectivity index (χ3n) is 23.4. The minimum absolute atomic E-state index is 0.0237. The number of ether oxygens (including phenoxy) is 2. The van der Waals surface area contributed by atoms with Crippen molar-refractivity contribution in [2.45, 2.75) is 283 Å². The molecule has 8 aliphatic rings. The maximum Gasteiger partial charge on any atom is 0.306 e. The van der Waals surface area contributed by atoms with Crippen LogP contribution in [0.25, 0.3) is 28.0 Å². The molecule has 6 aromatic heterocycles. The van der Waals surface area contributed by atoms with E-state index in [1.807, 2.05) is 152 Å². The molecule has 6 aliphatic heterocycles. The number of fused-ring (bicyclic) bond motifs is 2. The lowest BCUT2D eigenvalue weighted by Crippen LogP contribution is -2.39. The molecule has 7 fully saturated rings. The number of likely N-dealkylation sites (tertiary alicyclic amines) is 2. The number of H-pyrrole nitrogens is 1. The van der Waals surface area contributed by atoms with Crippen LogP contribution in [0, 0.1) is 62.6 Å². The van der Waals surface area contributed by atoms with Crippen molar-refractivity contribution in [3.8, 4) is 0 Å². The van der Waals surface area contributed by atoms with E-state index in [1.54, 1.807) is 105 Å². The molecule has 9 aromatic rings. The molecule has 29 nitrogen and oxygen atoms in total. The molecule has 6 atom stereocenters. The Balaban J connectivity index is 0.000000399. The number of thiocarbonyl (C=S) groups is 1. The molecular formula is C111H163FN15O14S3+. The topological polar surface area (TPSA) is 376 Å². The smallest absolute Gasteiger partial charge is 0.306 e. The average molecular weight is 2050 g/mol. The molecule has 17 rings (SSSR count). The van der Waals surface area contributed by atoms with Gasteiger partial charge in [0.1, 0.15) is 27.3 Å². The molecule has 790 valence electrons. The van der Waals surface area contributed by atoms with Crippen molar-refractivity contribution < 1.29 is 66.2 Å². The van der Waals surface area contributed by atoms with Gasteiger partial charge >= 0.3 is 11.9 Å². The van der Waals surface area contributed by atoms with E-state index in [1.165, 1.54) is 67.2 Å². The highest BCUT2D eigenvalue weighted by molar-refractivity contribution is 7.99. The van der Waals surface area contributed by atoms with Gasteiger partial charge in [-0.3, -0.25) is 53.4 Å². The van der Waals surface area contributed by atoms with E-state index in [0.29, 0.717) is 70.8 Å². The van der Waals surface area contributed by atoms with Crippen LogP contribution in [0.1, 0.15) is 271 Å². The summed E-state index contributed by atoms with van der Waals surface area (Å²) < 4.78 is 46.3. The number of halogens is 1. The summed E-state index contributed by atoms with van der Waals surface area (Å²) in [6, 6.07) is 40.4. The Hall–Kier alpha value is -11.8. The molecule has 0 bridgehead atoms. The third-order valence-corrected chi connectivity index (χ3v) is 26.2. The summed E-state index contributed by atoms with van der Waals surface area (Å²) in [5.74, 6) is 5.35. The molecule has 2 saturated carbocycles. The number of allylic oxidation sites excluding steroid dienone is 1. The van der Waals surface area contributed by atoms with Crippen molar-refractivity contribution in [1.29, 1.82) is 0 Å². The summed E-state index contributed by atoms with van der Waals surface area (Å²) in [5.41, 5.74) is 14.0. The zero-order valence-electron chi connectivity index (χ0n) is 89.6. The number of carbonyl (C=O) groups excluding carboxylic acids is 6. The second kappa shape index (κ2) is 68.5. The van der Waals surface area contributed by atoms with Crippen molar-refractivity contribution in [2.75, 3.05) is 58.1 Å². The van der Waals surface area contributed by atoms with Gasteiger partial charge in [0.05, 0.1) is 46.7 Å². The lowest BCUT2D eigenvalue weighted by Gasteiger charge is -2.37. The summed E-state index contributed by atoms with van der Waals surface area (Å²) in [6.07, 6.45) is 32.5. The number of oxime groups is 1. The number of hydrogen-bond acceptors (Lipinski definition) is 23. The first-order valence-corrected chi connectivity index (χ1v) is 53.1. The maximum atomic E-state index is 12.8. The van der Waals surface area contributed by atoms with Gasteiger partial charge in [0, 0.05) is 156 Å². The number of esters is 2. The maximum absolute atomic E-state index is 12.8. The quantitative estimate of drug-likeness (QED) is 0.0114. The van der Waals surface area contributed by atoms with Gasteiger partial charge in [0.25, 0.3) is 11.4 Å². The number of nitrogens with zero attached hydrogens (tertiary/aromatic N) is 11. The number of benzene rings is 3. The number of aryl methyl sites for hydroxylation is 5. The standard InChI is InChI=1S/C13H16FNO.C10H10N2O.C10H10NO.C10H13N.C8H15NO.C8H9N.C7H12N2OS.C7H9NO.C7H13NO.C6H8N2S.C6H12O2S.C5H8N2O.C5H8O2.C5H12.C4H8O2/c1-9-3-8-12(16)15(2)13(9)10-4-6-11(14)7-5-10;1-6-5-11-10-8(9(6)13)4-3-7(2)12-10;1-8-6-7-11(12)10-5-3-2-4-9(8)10;1-11-10-7-9(10)8-5-3-2-4-6-8;1-7-3-5-9(6-4-7)8(2)10;1-2-4-8-5-3-6-9-7-8;1-3-4-5-6(10)9(2)7(11)8-5;1-6-3-4-7(9)8(2)5-6;1-6-2-4-7(8-9)5-3-6;1-2-9-6-7-4-3-5-8-6;1-6-2-4-9(7,8)5-3-6;1-4-2-3-5(8)7-6-4;1-4-2-3-5(6)7-4;1-5(2,3)4;1-3-6-4(2)5/h4-7,9,13H,3,8H2,1-2H3;3-5H,1-2H3,(H,11,12,13);2-7,12H,1H3;2-6,9-11H,7H2,1H3;7H,3-6H2,1-2H3;2-7H,1H3;5H,3-4H2,1-2H3,(H,8,11);3-5H,1-2H3;6,9H,2-5H2,1H3;3-5H,2H2,1H3;6H,2-5H2,1H3;2-3H2,1H3,(H,7,8);4H,2-3H2,1H3;1-4H3;3H2,1-2H3/q;;+1;;;;;;;;;;;;/b;;;;;4-2+;;;;;;;;;/t9-,13?;;;;;;;;;;;;;;/m0............../s1. The number of rotatable bonds is 9. The van der Waals surface area contributed by atoms with Gasteiger partial charge in [-0.1, -0.05) is 171 Å². The number of likely N-dealkylation sites (N-methyl/N-ethyl adjacent to an activating group) is 2. The van der Waals surface area contributed by atoms with Crippen LogP contribution >= 0.6 is 24.0 Å². The Labute approximate surface area is 864 Å². The van der Waals surface area contributed by atoms with Crippen molar-refractivity contribution in [1.82, 2.24) is 60.2 Å². The van der Waals surface area contributed by atoms with Crippen LogP contribution in [-0.2, 0) is 55.1 Å². The molecule has 3 aromatic carbocycles. The summed E-state index contributed by atoms with van der Waals surface area (Å²) >= 11 is 6.56. The van der Waals surface area contributed by atoms with Crippen LogP contribution in [-0.4, -0.2) is 191 Å². The number of cyclic esters (lactones) is 1. The molecular weight excluding hydrogens is 1880 g/mol. The van der Waals surface area contributed by atoms with Gasteiger partial charge in [-0.15, -0.1) is 0 Å². The van der Waals surface area contributed by atoms with Gasteiger partial charge in [-0.05, 0) is 263 Å². The first kappa shape index (κ1) is 126. The molecule has 0 radical (unpaired) electrons. The summed E-state index contributed by atoms with van der Waals surface area (Å²) in [7, 11) is 4.69. The number of thioether (sulfide) groups is 1. The predicted octanol–water partition coefficient (Wildman–Crippen LogP) is 20.4. The van der Waals surface area contributed by atoms with Crippen LogP contribution in [0.2, 0.25) is 0 Å². The summed E-state index contributed by atoms with van der Waals surface area (Å²) in [5, 5.41) is 34.1. The van der Waals surface area contributed by atoms with Crippen molar-refractivity contribution >= 4 is 114 Å². The predicted molar refractivity (Wildman–Crippen MR) is 583 cm³/mol. The highest BCUT2D eigenvalue weighted by atomic mass is 32.2. The number of amides is 4. The molecule has 0 spiro atoms. The van der Waals surface area contributed by atoms with E-state index in [2.05, 4.69) is 156 Å². The Bertz CT molecular complexity index is 5620. The third kappa shape index (κ3) is 52.6. The minimum atomic E-state index is -2.62. The lowest BCUT2D eigenvalue weighted by atomic mass is 9.86. The number of carbonyl (C=O) groups is 6. The lowest BCUT2D eigenvalue weighted by molar-refractivity contribution is -0.884. The largest absolute Gasteiger partial charge is 0.466 e. The number of nitrogens with one attached hydrogen (secondary N) is 4. The number of para-hydroxylation sites is 1. The monoisotopic (exact) mass is 2050 g/mol. The normalized spacial score (nSPS) is 18.9. The molecule has 6 N–H and O–H groups in total. The fourth-order valence-electron chi connectivity index (χ4n) is 14.7. The van der Waals surface area contributed by atoms with E-state index < -0.39 is 9.84 Å². The van der Waals surface area contributed by atoms with Crippen LogP contribution in [0.15, 0.2) is 202 Å². The number of piperidine rings is 2. The number of hydrazone groups is 1. The summed E-state index contributed by atoms with van der Waals surface area (Å²) in [4.78, 5) is 111. The number of aromatic amines is 1. The fourth-order valence-corrected chi connectivity index (χ4v) is 17.1. The minimum Gasteiger partial charge on any atom is -0.466 e. The van der Waals surface area contributed by atoms with Crippen LogP contribution in [0.5, 0.6) is 0 Å². The van der Waals surface area contributed by atoms with E-state index in [4.69, 9.17) is 22.2 Å². The number of sulfone groups is 1. The Morgan fingerprint density at radius 3 is 1.81 bits per heavy atom. The molecule has 2 aliphatic carbocycles. The van der Waals surface area contributed by atoms with E-state index in [9.17, 15) is 56.4 Å². The van der Waals surface area contributed by atoms with E-state index in [0.717, 1.165) is 161 Å². The van der Waals surface area contributed by atoms with Gasteiger partial charge in [0.2, 0.25) is 29.5 Å². The number of pyridine rings is 5. The van der Waals surface area contributed by atoms with Gasteiger partial charge in [-0.25, -0.2) is 33.2 Å². The van der Waals surface area contributed by atoms with Crippen LogP contribution in [0.4, 0.5) is 4.39 Å². The first-order valence-electron chi connectivity index (χ1n) is 49.9. The van der Waals surface area contributed by atoms with Crippen LogP contribution in [0.3, 0.4) is 0 Å². The van der Waals surface area contributed by atoms with Gasteiger partial charge in [0.15, 0.2) is 15.7 Å². The molecule has 5 unspecified atom stereocenters. The number of aromatic nitrogens is 7. The van der Waals surface area contributed by atoms with Gasteiger partial charge < -0.3 is 44.7 Å². The second-order valence-corrected chi connectivity index (χ2v) is 42.2. The molecule has 33 heteroatoms. The van der Waals surface area contributed by atoms with Gasteiger partial charge in [-0.2, -0.15) is 5.10 Å². The molecule has 5 saturated heterocycles. The highest BCUT2D eigenvalue weighted by Gasteiger charge is 2.37. The zero-order valence-corrected chi connectivity index (χ0v) is 92.0. The van der Waals surface area contributed by atoms with Crippen molar-refractivity contribution in [2.24, 2.45) is 46.4 Å². The Morgan fingerprint density at radius 1 is 0.715 bits per heavy atom. The fraction of sp³-hybridized carbons (Fsp3) is 0.514.